The Morgan fingerprint density at radius 1 is 1.03 bits per heavy atom. The maximum atomic E-state index is 13.1. The summed E-state index contributed by atoms with van der Waals surface area (Å²) in [5, 5.41) is 11.1. The van der Waals surface area contributed by atoms with Gasteiger partial charge in [0.15, 0.2) is 15.8 Å². The van der Waals surface area contributed by atoms with E-state index in [1.54, 1.807) is 18.2 Å². The molecule has 9 heteroatoms. The fourth-order valence-corrected chi connectivity index (χ4v) is 4.62. The summed E-state index contributed by atoms with van der Waals surface area (Å²) >= 11 is 6.53. The molecule has 1 fully saturated rings. The highest BCUT2D eigenvalue weighted by Crippen LogP contribution is 2.38. The van der Waals surface area contributed by atoms with Gasteiger partial charge in [0.05, 0.1) is 22.1 Å². The molecule has 0 spiro atoms. The van der Waals surface area contributed by atoms with Crippen molar-refractivity contribution in [1.82, 2.24) is 0 Å². The van der Waals surface area contributed by atoms with Gasteiger partial charge in [-0.3, -0.25) is 19.8 Å². The number of anilines is 1. The third kappa shape index (κ3) is 5.27. The lowest BCUT2D eigenvalue weighted by Gasteiger charge is -2.14. The van der Waals surface area contributed by atoms with E-state index >= 15 is 0 Å². The van der Waals surface area contributed by atoms with Crippen LogP contribution in [0.1, 0.15) is 18.1 Å². The minimum atomic E-state index is -0.506. The Hall–Kier alpha value is -3.69. The molecule has 3 aromatic rings. The molecule has 1 aliphatic heterocycles. The third-order valence-electron chi connectivity index (χ3n) is 4.90. The number of hydrogen-bond donors (Lipinski definition) is 0. The number of benzene rings is 3. The molecule has 1 aliphatic rings. The summed E-state index contributed by atoms with van der Waals surface area (Å²) in [6, 6.07) is 21.1. The van der Waals surface area contributed by atoms with Gasteiger partial charge in [0.25, 0.3) is 11.6 Å². The van der Waals surface area contributed by atoms with Crippen LogP contribution in [0.5, 0.6) is 11.5 Å². The maximum absolute atomic E-state index is 13.1. The summed E-state index contributed by atoms with van der Waals surface area (Å²) in [4.78, 5) is 25.4. The monoisotopic (exact) mass is 492 g/mol. The van der Waals surface area contributed by atoms with Crippen molar-refractivity contribution >= 4 is 51.7 Å². The van der Waals surface area contributed by atoms with Crippen LogP contribution in [0.3, 0.4) is 0 Å². The number of thiocarbonyl (C=S) groups is 1. The first-order valence-electron chi connectivity index (χ1n) is 10.4. The Morgan fingerprint density at radius 3 is 2.56 bits per heavy atom. The number of carbonyl (C=O) groups excluding carboxylic acids is 1. The van der Waals surface area contributed by atoms with Crippen LogP contribution in [0.15, 0.2) is 77.7 Å². The van der Waals surface area contributed by atoms with Crippen molar-refractivity contribution in [1.29, 1.82) is 0 Å². The average molecular weight is 493 g/mol. The van der Waals surface area contributed by atoms with Gasteiger partial charge in [0.1, 0.15) is 6.61 Å². The number of hydrogen-bond acceptors (Lipinski definition) is 7. The van der Waals surface area contributed by atoms with Crippen LogP contribution in [0.2, 0.25) is 0 Å². The Balaban J connectivity index is 1.56. The largest absolute Gasteiger partial charge is 0.490 e. The number of non-ortho nitro benzene ring substituents is 1. The van der Waals surface area contributed by atoms with Gasteiger partial charge in [-0.15, -0.1) is 0 Å². The highest BCUT2D eigenvalue weighted by atomic mass is 32.2. The maximum Gasteiger partial charge on any atom is 0.271 e. The van der Waals surface area contributed by atoms with Crippen molar-refractivity contribution in [3.05, 3.63) is 98.9 Å². The summed E-state index contributed by atoms with van der Waals surface area (Å²) in [6.45, 7) is 2.75. The van der Waals surface area contributed by atoms with Crippen molar-refractivity contribution in [2.45, 2.75) is 13.5 Å². The Labute approximate surface area is 206 Å². The fraction of sp³-hybridized carbons (Fsp3) is 0.120. The molecule has 1 amide bonds. The van der Waals surface area contributed by atoms with Crippen LogP contribution in [-0.4, -0.2) is 21.8 Å². The standard InChI is InChI=1S/C25H20N2O5S2/c1-2-31-22-13-18(11-12-21(22)32-16-17-7-4-3-5-8-17)14-23-24(28)26(25(33)34-23)19-9-6-10-20(15-19)27(29)30/h3-15H,2,16H2,1H3/b23-14-. The summed E-state index contributed by atoms with van der Waals surface area (Å²) < 4.78 is 12.0. The number of nitro benzene ring substituents is 1. The van der Waals surface area contributed by atoms with Crippen LogP contribution in [-0.2, 0) is 11.4 Å². The summed E-state index contributed by atoms with van der Waals surface area (Å²) in [6.07, 6.45) is 1.72. The van der Waals surface area contributed by atoms with Crippen molar-refractivity contribution < 1.29 is 19.2 Å². The van der Waals surface area contributed by atoms with Crippen LogP contribution in [0.25, 0.3) is 6.08 Å². The molecule has 0 saturated carbocycles. The van der Waals surface area contributed by atoms with E-state index in [4.69, 9.17) is 21.7 Å². The summed E-state index contributed by atoms with van der Waals surface area (Å²) in [5.74, 6) is 0.839. The van der Waals surface area contributed by atoms with Crippen LogP contribution >= 0.6 is 24.0 Å². The molecule has 0 unspecified atom stereocenters. The Morgan fingerprint density at radius 2 is 1.82 bits per heavy atom. The quantitative estimate of drug-likeness (QED) is 0.166. The second-order valence-corrected chi connectivity index (χ2v) is 8.88. The molecule has 0 bridgehead atoms. The topological polar surface area (TPSA) is 81.9 Å². The minimum absolute atomic E-state index is 0.108. The van der Waals surface area contributed by atoms with Gasteiger partial charge in [-0.25, -0.2) is 0 Å². The van der Waals surface area contributed by atoms with Gasteiger partial charge >= 0.3 is 0 Å². The molecular weight excluding hydrogens is 472 g/mol. The summed E-state index contributed by atoms with van der Waals surface area (Å²) in [7, 11) is 0. The molecule has 0 aromatic heterocycles. The predicted octanol–water partition coefficient (Wildman–Crippen LogP) is 5.98. The van der Waals surface area contributed by atoms with Crippen LogP contribution < -0.4 is 14.4 Å². The first-order valence-corrected chi connectivity index (χ1v) is 11.6. The second-order valence-electron chi connectivity index (χ2n) is 7.21. The molecule has 0 radical (unpaired) electrons. The zero-order valence-electron chi connectivity index (χ0n) is 18.2. The molecule has 3 aromatic carbocycles. The van der Waals surface area contributed by atoms with Crippen LogP contribution in [0.4, 0.5) is 11.4 Å². The molecule has 0 aliphatic carbocycles. The van der Waals surface area contributed by atoms with Crippen molar-refractivity contribution in [2.24, 2.45) is 0 Å². The van der Waals surface area contributed by atoms with Crippen molar-refractivity contribution in [3.8, 4) is 11.5 Å². The molecule has 4 rings (SSSR count). The molecule has 7 nitrogen and oxygen atoms in total. The zero-order chi connectivity index (χ0) is 24.1. The number of ether oxygens (including phenoxy) is 2. The Kier molecular flexibility index (Phi) is 7.24. The number of amides is 1. The van der Waals surface area contributed by atoms with E-state index in [0.717, 1.165) is 22.9 Å². The number of carbonyl (C=O) groups is 1. The SMILES string of the molecule is CCOc1cc(/C=C2\SC(=S)N(c3cccc([N+](=O)[O-])c3)C2=O)ccc1OCc1ccccc1. The molecule has 0 N–H and O–H groups in total. The van der Waals surface area contributed by atoms with E-state index in [9.17, 15) is 14.9 Å². The third-order valence-corrected chi connectivity index (χ3v) is 6.20. The molecule has 0 atom stereocenters. The predicted molar refractivity (Wildman–Crippen MR) is 137 cm³/mol. The number of thioether (sulfide) groups is 1. The normalized spacial score (nSPS) is 14.5. The lowest BCUT2D eigenvalue weighted by molar-refractivity contribution is -0.384. The molecule has 1 saturated heterocycles. The van der Waals surface area contributed by atoms with Gasteiger partial charge < -0.3 is 9.47 Å². The lowest BCUT2D eigenvalue weighted by atomic mass is 10.1. The van der Waals surface area contributed by atoms with Gasteiger partial charge in [-0.1, -0.05) is 66.4 Å². The van der Waals surface area contributed by atoms with Crippen molar-refractivity contribution in [3.63, 3.8) is 0 Å². The van der Waals surface area contributed by atoms with Gasteiger partial charge in [-0.2, -0.15) is 0 Å². The highest BCUT2D eigenvalue weighted by Gasteiger charge is 2.34. The smallest absolute Gasteiger partial charge is 0.271 e. The van der Waals surface area contributed by atoms with E-state index in [1.165, 1.54) is 23.1 Å². The first-order chi connectivity index (χ1) is 16.5. The lowest BCUT2D eigenvalue weighted by Crippen LogP contribution is -2.27. The number of rotatable bonds is 8. The van der Waals surface area contributed by atoms with E-state index < -0.39 is 4.92 Å². The number of nitro groups is 1. The average Bonchev–Trinajstić information content (AvgIpc) is 3.12. The van der Waals surface area contributed by atoms with Crippen LogP contribution in [0, 0.1) is 10.1 Å². The van der Waals surface area contributed by atoms with Crippen molar-refractivity contribution in [2.75, 3.05) is 11.5 Å². The minimum Gasteiger partial charge on any atom is -0.490 e. The fourth-order valence-electron chi connectivity index (χ4n) is 3.32. The van der Waals surface area contributed by atoms with E-state index in [2.05, 4.69) is 0 Å². The van der Waals surface area contributed by atoms with Gasteiger partial charge in [-0.05, 0) is 42.3 Å². The molecule has 1 heterocycles. The van der Waals surface area contributed by atoms with E-state index in [-0.39, 0.29) is 11.6 Å². The molecular formula is C25H20N2O5S2. The highest BCUT2D eigenvalue weighted by molar-refractivity contribution is 8.27. The number of nitrogens with zero attached hydrogens (tertiary/aromatic N) is 2. The molecule has 34 heavy (non-hydrogen) atoms. The summed E-state index contributed by atoms with van der Waals surface area (Å²) in [5.41, 5.74) is 2.04. The van der Waals surface area contributed by atoms with Gasteiger partial charge in [0, 0.05) is 12.1 Å². The Bertz CT molecular complexity index is 1280. The second kappa shape index (κ2) is 10.5. The zero-order valence-corrected chi connectivity index (χ0v) is 19.8. The first kappa shape index (κ1) is 23.5. The van der Waals surface area contributed by atoms with E-state index in [1.807, 2.05) is 49.4 Å². The molecule has 172 valence electrons. The van der Waals surface area contributed by atoms with Gasteiger partial charge in [0.2, 0.25) is 0 Å². The van der Waals surface area contributed by atoms with E-state index in [0.29, 0.717) is 39.6 Å².